The number of rotatable bonds is 5. The maximum atomic E-state index is 11.9. The van der Waals surface area contributed by atoms with Crippen molar-refractivity contribution >= 4 is 26.4 Å². The Hall–Kier alpha value is -1.82. The molecule has 1 aliphatic heterocycles. The van der Waals surface area contributed by atoms with Crippen LogP contribution in [0.2, 0.25) is 0 Å². The van der Waals surface area contributed by atoms with Gasteiger partial charge in [-0.05, 0) is 51.5 Å². The van der Waals surface area contributed by atoms with Gasteiger partial charge in [0.05, 0.1) is 23.6 Å². The van der Waals surface area contributed by atoms with Gasteiger partial charge in [-0.3, -0.25) is 4.98 Å². The maximum Gasteiger partial charge on any atom is 0.152 e. The molecule has 0 amide bonds. The summed E-state index contributed by atoms with van der Waals surface area (Å²) in [5, 5.41) is 1.01. The molecular weight excluding hydrogens is 324 g/mol. The zero-order valence-corrected chi connectivity index (χ0v) is 15.3. The van der Waals surface area contributed by atoms with Crippen molar-refractivity contribution in [3.8, 4) is 5.75 Å². The van der Waals surface area contributed by atoms with Crippen LogP contribution in [0.1, 0.15) is 26.0 Å². The van der Waals surface area contributed by atoms with Gasteiger partial charge in [0.1, 0.15) is 5.75 Å². The van der Waals surface area contributed by atoms with Gasteiger partial charge < -0.3 is 9.64 Å². The van der Waals surface area contributed by atoms with E-state index in [1.807, 2.05) is 38.1 Å². The van der Waals surface area contributed by atoms with Gasteiger partial charge in [-0.1, -0.05) is 0 Å². The molecule has 0 bridgehead atoms. The van der Waals surface area contributed by atoms with Crippen molar-refractivity contribution in [2.45, 2.75) is 33.2 Å². The minimum Gasteiger partial charge on any atom is -0.494 e. The number of nitrogens with zero attached hydrogens (tertiary/aromatic N) is 2. The van der Waals surface area contributed by atoms with Crippen LogP contribution in [0.25, 0.3) is 10.9 Å². The minimum absolute atomic E-state index is 0.0285. The molecule has 1 aromatic heterocycles. The highest BCUT2D eigenvalue weighted by molar-refractivity contribution is 7.91. The van der Waals surface area contributed by atoms with Crippen LogP contribution in [0.5, 0.6) is 5.75 Å². The van der Waals surface area contributed by atoms with Crippen LogP contribution < -0.4 is 9.64 Å². The summed E-state index contributed by atoms with van der Waals surface area (Å²) in [5.74, 6) is 1.32. The minimum atomic E-state index is -2.92. The first-order valence-electron chi connectivity index (χ1n) is 8.44. The van der Waals surface area contributed by atoms with Gasteiger partial charge in [0.2, 0.25) is 0 Å². The summed E-state index contributed by atoms with van der Waals surface area (Å²) in [4.78, 5) is 6.81. The second-order valence-electron chi connectivity index (χ2n) is 6.24. The van der Waals surface area contributed by atoms with Crippen molar-refractivity contribution in [1.82, 2.24) is 4.98 Å². The molecular formula is C18H24N2O3S. The summed E-state index contributed by atoms with van der Waals surface area (Å²) in [7, 11) is -2.92. The van der Waals surface area contributed by atoms with Crippen LogP contribution in [0.15, 0.2) is 24.3 Å². The Kier molecular flexibility index (Phi) is 4.67. The third kappa shape index (κ3) is 3.34. The third-order valence-electron chi connectivity index (χ3n) is 4.50. The molecule has 1 aromatic carbocycles. The van der Waals surface area contributed by atoms with E-state index in [9.17, 15) is 8.42 Å². The first-order chi connectivity index (χ1) is 11.4. The normalized spacial score (nSPS) is 19.5. The van der Waals surface area contributed by atoms with Gasteiger partial charge in [0.15, 0.2) is 9.84 Å². The summed E-state index contributed by atoms with van der Waals surface area (Å²) in [6, 6.07) is 7.98. The lowest BCUT2D eigenvalue weighted by Gasteiger charge is -2.30. The Morgan fingerprint density at radius 2 is 2.08 bits per heavy atom. The number of aromatic nitrogens is 1. The Balaban J connectivity index is 2.10. The largest absolute Gasteiger partial charge is 0.494 e. The highest BCUT2D eigenvalue weighted by Gasteiger charge is 2.32. The van der Waals surface area contributed by atoms with E-state index in [2.05, 4.69) is 16.8 Å². The lowest BCUT2D eigenvalue weighted by Crippen LogP contribution is -2.36. The molecule has 1 aliphatic rings. The van der Waals surface area contributed by atoms with E-state index in [1.54, 1.807) is 0 Å². The Bertz CT molecular complexity index is 849. The quantitative estimate of drug-likeness (QED) is 0.831. The molecule has 1 saturated heterocycles. The average molecular weight is 348 g/mol. The van der Waals surface area contributed by atoms with E-state index in [1.165, 1.54) is 0 Å². The second-order valence-corrected chi connectivity index (χ2v) is 8.47. The van der Waals surface area contributed by atoms with Crippen molar-refractivity contribution in [3.05, 3.63) is 30.0 Å². The molecule has 0 aliphatic carbocycles. The zero-order valence-electron chi connectivity index (χ0n) is 14.4. The van der Waals surface area contributed by atoms with Gasteiger partial charge in [0.25, 0.3) is 0 Å². The second kappa shape index (κ2) is 6.59. The SMILES string of the molecule is CCOc1ccc2nc(C)cc(N(CC)C3CCS(=O)(=O)C3)c2c1. The van der Waals surface area contributed by atoms with E-state index in [0.29, 0.717) is 13.0 Å². The highest BCUT2D eigenvalue weighted by atomic mass is 32.2. The predicted molar refractivity (Wildman–Crippen MR) is 97.7 cm³/mol. The molecule has 0 radical (unpaired) electrons. The molecule has 3 rings (SSSR count). The van der Waals surface area contributed by atoms with E-state index in [4.69, 9.17) is 4.74 Å². The first-order valence-corrected chi connectivity index (χ1v) is 10.3. The van der Waals surface area contributed by atoms with E-state index in [-0.39, 0.29) is 17.5 Å². The van der Waals surface area contributed by atoms with Crippen molar-refractivity contribution < 1.29 is 13.2 Å². The van der Waals surface area contributed by atoms with Crippen molar-refractivity contribution in [2.75, 3.05) is 29.6 Å². The summed E-state index contributed by atoms with van der Waals surface area (Å²) in [5.41, 5.74) is 2.89. The van der Waals surface area contributed by atoms with Gasteiger partial charge in [-0.2, -0.15) is 0 Å². The third-order valence-corrected chi connectivity index (χ3v) is 6.25. The topological polar surface area (TPSA) is 59.5 Å². The summed E-state index contributed by atoms with van der Waals surface area (Å²) in [6.07, 6.45) is 0.685. The maximum absolute atomic E-state index is 11.9. The average Bonchev–Trinajstić information content (AvgIpc) is 2.88. The summed E-state index contributed by atoms with van der Waals surface area (Å²) < 4.78 is 29.4. The van der Waals surface area contributed by atoms with Gasteiger partial charge >= 0.3 is 0 Å². The molecule has 0 saturated carbocycles. The predicted octanol–water partition coefficient (Wildman–Crippen LogP) is 2.96. The molecule has 1 unspecified atom stereocenters. The number of benzene rings is 1. The Labute approximate surface area is 143 Å². The fourth-order valence-corrected chi connectivity index (χ4v) is 5.19. The fraction of sp³-hybridized carbons (Fsp3) is 0.500. The van der Waals surface area contributed by atoms with Crippen molar-refractivity contribution in [1.29, 1.82) is 0 Å². The molecule has 1 atom stereocenters. The van der Waals surface area contributed by atoms with Crippen molar-refractivity contribution in [3.63, 3.8) is 0 Å². The molecule has 1 fully saturated rings. The number of hydrogen-bond acceptors (Lipinski definition) is 5. The van der Waals surface area contributed by atoms with E-state index >= 15 is 0 Å². The van der Waals surface area contributed by atoms with Crippen LogP contribution >= 0.6 is 0 Å². The van der Waals surface area contributed by atoms with E-state index < -0.39 is 9.84 Å². The molecule has 0 spiro atoms. The smallest absolute Gasteiger partial charge is 0.152 e. The standard InChI is InChI=1S/C18H24N2O3S/c1-4-20(14-8-9-24(21,22)12-14)18-10-13(3)19-17-7-6-15(23-5-2)11-16(17)18/h6-7,10-11,14H,4-5,8-9,12H2,1-3H3. The Morgan fingerprint density at radius 3 is 2.71 bits per heavy atom. The van der Waals surface area contributed by atoms with E-state index in [0.717, 1.165) is 34.6 Å². The number of pyridine rings is 1. The molecule has 0 N–H and O–H groups in total. The number of fused-ring (bicyclic) bond motifs is 1. The molecule has 130 valence electrons. The highest BCUT2D eigenvalue weighted by Crippen LogP contribution is 2.33. The number of hydrogen-bond donors (Lipinski definition) is 0. The van der Waals surface area contributed by atoms with Gasteiger partial charge in [-0.15, -0.1) is 0 Å². The number of sulfone groups is 1. The molecule has 2 aromatic rings. The lowest BCUT2D eigenvalue weighted by molar-refractivity contribution is 0.340. The lowest BCUT2D eigenvalue weighted by atomic mass is 10.1. The molecule has 24 heavy (non-hydrogen) atoms. The summed E-state index contributed by atoms with van der Waals surface area (Å²) >= 11 is 0. The number of anilines is 1. The molecule has 6 heteroatoms. The van der Waals surface area contributed by atoms with Gasteiger partial charge in [0, 0.05) is 29.4 Å². The van der Waals surface area contributed by atoms with Crippen LogP contribution in [-0.2, 0) is 9.84 Å². The summed E-state index contributed by atoms with van der Waals surface area (Å²) in [6.45, 7) is 7.37. The van der Waals surface area contributed by atoms with Gasteiger partial charge in [-0.25, -0.2) is 8.42 Å². The first kappa shape index (κ1) is 17.0. The van der Waals surface area contributed by atoms with Crippen LogP contribution in [0.3, 0.4) is 0 Å². The number of ether oxygens (including phenoxy) is 1. The molecule has 5 nitrogen and oxygen atoms in total. The Morgan fingerprint density at radius 1 is 1.29 bits per heavy atom. The number of aryl methyl sites for hydroxylation is 1. The molecule has 2 heterocycles. The van der Waals surface area contributed by atoms with Crippen LogP contribution in [-0.4, -0.2) is 44.1 Å². The monoisotopic (exact) mass is 348 g/mol. The van der Waals surface area contributed by atoms with Crippen molar-refractivity contribution in [2.24, 2.45) is 0 Å². The zero-order chi connectivity index (χ0) is 17.3. The van der Waals surface area contributed by atoms with Crippen LogP contribution in [0, 0.1) is 6.92 Å². The van der Waals surface area contributed by atoms with Crippen LogP contribution in [0.4, 0.5) is 5.69 Å². The fourth-order valence-electron chi connectivity index (χ4n) is 3.46.